The minimum atomic E-state index is -4.60. The molecule has 32 heavy (non-hydrogen) atoms. The highest BCUT2D eigenvalue weighted by atomic mass is 19.4. The molecule has 2 atom stereocenters. The summed E-state index contributed by atoms with van der Waals surface area (Å²) < 4.78 is 51.9. The highest BCUT2D eigenvalue weighted by molar-refractivity contribution is 6.05. The van der Waals surface area contributed by atoms with Crippen LogP contribution in [0.1, 0.15) is 29.4 Å². The van der Waals surface area contributed by atoms with Crippen LogP contribution in [0.5, 0.6) is 0 Å². The number of hydrogen-bond acceptors (Lipinski definition) is 5. The van der Waals surface area contributed by atoms with Crippen molar-refractivity contribution in [1.82, 2.24) is 15.3 Å². The van der Waals surface area contributed by atoms with Gasteiger partial charge in [-0.3, -0.25) is 15.0 Å². The quantitative estimate of drug-likeness (QED) is 0.698. The summed E-state index contributed by atoms with van der Waals surface area (Å²) in [5.74, 6) is -1.20. The molecule has 0 aliphatic carbocycles. The Hall–Kier alpha value is -3.44. The standard InChI is InChI=1S/C20H20F4N6O2/c1-10-7-16(25-8-13(10)21)28-19(32)30-12-5-6-29(9-12)15-4-3-14(27-17(15)30)18(31)26-11(2)20(22,23)24/h3-4,7-8,11-12H,5-6,9H2,1-2H3,(H,26,31)(H,25,28,32)/t11-,12+/m1/s1. The highest BCUT2D eigenvalue weighted by Gasteiger charge is 2.41. The molecule has 0 unspecified atom stereocenters. The molecule has 170 valence electrons. The summed E-state index contributed by atoms with van der Waals surface area (Å²) in [4.78, 5) is 36.9. The molecular weight excluding hydrogens is 432 g/mol. The molecule has 1 saturated heterocycles. The first-order chi connectivity index (χ1) is 15.0. The van der Waals surface area contributed by atoms with Gasteiger partial charge in [-0.2, -0.15) is 13.2 Å². The largest absolute Gasteiger partial charge is 0.408 e. The lowest BCUT2D eigenvalue weighted by molar-refractivity contribution is -0.149. The highest BCUT2D eigenvalue weighted by Crippen LogP contribution is 2.39. The van der Waals surface area contributed by atoms with E-state index < -0.39 is 30.0 Å². The summed E-state index contributed by atoms with van der Waals surface area (Å²) in [5, 5.41) is 4.48. The predicted octanol–water partition coefficient (Wildman–Crippen LogP) is 3.24. The lowest BCUT2D eigenvalue weighted by Crippen LogP contribution is -2.49. The number of anilines is 3. The van der Waals surface area contributed by atoms with Gasteiger partial charge >= 0.3 is 12.2 Å². The molecule has 2 aliphatic rings. The lowest BCUT2D eigenvalue weighted by Gasteiger charge is -2.35. The minimum absolute atomic E-state index is 0.142. The summed E-state index contributed by atoms with van der Waals surface area (Å²) in [6, 6.07) is 1.40. The number of fused-ring (bicyclic) bond motifs is 4. The van der Waals surface area contributed by atoms with Gasteiger partial charge in [0.2, 0.25) is 0 Å². The Labute approximate surface area is 180 Å². The predicted molar refractivity (Wildman–Crippen MR) is 108 cm³/mol. The first-order valence-electron chi connectivity index (χ1n) is 9.90. The fourth-order valence-corrected chi connectivity index (χ4v) is 3.73. The molecule has 4 rings (SSSR count). The molecule has 0 radical (unpaired) electrons. The monoisotopic (exact) mass is 452 g/mol. The normalized spacial score (nSPS) is 18.2. The van der Waals surface area contributed by atoms with Gasteiger partial charge in [0, 0.05) is 13.1 Å². The van der Waals surface area contributed by atoms with E-state index in [1.54, 1.807) is 6.07 Å². The number of carbonyl (C=O) groups excluding carboxylic acids is 2. The van der Waals surface area contributed by atoms with E-state index in [0.717, 1.165) is 13.1 Å². The van der Waals surface area contributed by atoms with Crippen molar-refractivity contribution >= 4 is 29.3 Å². The Bertz CT molecular complexity index is 1080. The summed E-state index contributed by atoms with van der Waals surface area (Å²) in [5.41, 5.74) is 0.658. The smallest absolute Gasteiger partial charge is 0.366 e. The van der Waals surface area contributed by atoms with Crippen molar-refractivity contribution in [3.05, 3.63) is 41.5 Å². The van der Waals surface area contributed by atoms with E-state index in [9.17, 15) is 27.2 Å². The molecule has 2 aromatic rings. The summed E-state index contributed by atoms with van der Waals surface area (Å²) in [6.07, 6.45) is -2.96. The van der Waals surface area contributed by atoms with Crippen LogP contribution in [0.3, 0.4) is 0 Å². The second-order valence-corrected chi connectivity index (χ2v) is 7.78. The number of nitrogens with zero attached hydrogens (tertiary/aromatic N) is 4. The van der Waals surface area contributed by atoms with E-state index in [1.807, 2.05) is 10.2 Å². The van der Waals surface area contributed by atoms with Crippen LogP contribution in [0, 0.1) is 12.7 Å². The molecular formula is C20H20F4N6O2. The SMILES string of the molecule is Cc1cc(NC(=O)N2c3nc(C(=O)N[C@H](C)C(F)(F)F)ccc3N3CC[C@H]2C3)ncc1F. The maximum atomic E-state index is 13.5. The van der Waals surface area contributed by atoms with Crippen LogP contribution in [0.2, 0.25) is 0 Å². The van der Waals surface area contributed by atoms with Gasteiger partial charge in [0.25, 0.3) is 5.91 Å². The Morgan fingerprint density at radius 2 is 2.03 bits per heavy atom. The fraction of sp³-hybridized carbons (Fsp3) is 0.400. The van der Waals surface area contributed by atoms with Crippen LogP contribution in [-0.2, 0) is 0 Å². The molecule has 0 saturated carbocycles. The van der Waals surface area contributed by atoms with Gasteiger partial charge in [-0.05, 0) is 44.0 Å². The molecule has 3 amide bonds. The fourth-order valence-electron chi connectivity index (χ4n) is 3.73. The lowest BCUT2D eigenvalue weighted by atomic mass is 10.1. The summed E-state index contributed by atoms with van der Waals surface area (Å²) in [6.45, 7) is 3.58. The van der Waals surface area contributed by atoms with Crippen molar-refractivity contribution in [1.29, 1.82) is 0 Å². The van der Waals surface area contributed by atoms with Gasteiger partial charge in [-0.25, -0.2) is 19.2 Å². The van der Waals surface area contributed by atoms with E-state index in [-0.39, 0.29) is 23.4 Å². The van der Waals surface area contributed by atoms with Crippen molar-refractivity contribution in [2.24, 2.45) is 0 Å². The number of carbonyl (C=O) groups is 2. The van der Waals surface area contributed by atoms with E-state index in [2.05, 4.69) is 15.3 Å². The Balaban J connectivity index is 1.63. The van der Waals surface area contributed by atoms with Crippen LogP contribution in [0.25, 0.3) is 0 Å². The Kier molecular flexibility index (Phi) is 5.39. The Morgan fingerprint density at radius 1 is 1.28 bits per heavy atom. The molecule has 2 N–H and O–H groups in total. The zero-order chi connectivity index (χ0) is 23.2. The molecule has 0 spiro atoms. The molecule has 12 heteroatoms. The molecule has 2 aromatic heterocycles. The zero-order valence-electron chi connectivity index (χ0n) is 17.2. The second-order valence-electron chi connectivity index (χ2n) is 7.78. The third-order valence-corrected chi connectivity index (χ3v) is 5.52. The molecule has 2 aliphatic heterocycles. The van der Waals surface area contributed by atoms with E-state index in [4.69, 9.17) is 0 Å². The number of aromatic nitrogens is 2. The number of alkyl halides is 3. The summed E-state index contributed by atoms with van der Waals surface area (Å²) >= 11 is 0. The van der Waals surface area contributed by atoms with Crippen molar-refractivity contribution < 1.29 is 27.2 Å². The second kappa shape index (κ2) is 7.92. The van der Waals surface area contributed by atoms with Crippen molar-refractivity contribution in [3.8, 4) is 0 Å². The van der Waals surface area contributed by atoms with Crippen molar-refractivity contribution in [2.75, 3.05) is 28.2 Å². The van der Waals surface area contributed by atoms with Crippen LogP contribution in [-0.4, -0.2) is 53.3 Å². The number of amides is 3. The van der Waals surface area contributed by atoms with Crippen LogP contribution >= 0.6 is 0 Å². The topological polar surface area (TPSA) is 90.5 Å². The van der Waals surface area contributed by atoms with E-state index >= 15 is 0 Å². The zero-order valence-corrected chi connectivity index (χ0v) is 17.2. The van der Waals surface area contributed by atoms with Crippen LogP contribution < -0.4 is 20.4 Å². The third-order valence-electron chi connectivity index (χ3n) is 5.52. The number of hydrogen-bond donors (Lipinski definition) is 2. The summed E-state index contributed by atoms with van der Waals surface area (Å²) in [7, 11) is 0. The number of nitrogens with one attached hydrogen (secondary N) is 2. The third kappa shape index (κ3) is 4.04. The maximum absolute atomic E-state index is 13.5. The first-order valence-corrected chi connectivity index (χ1v) is 9.90. The first kappa shape index (κ1) is 21.8. The number of rotatable bonds is 3. The minimum Gasteiger partial charge on any atom is -0.366 e. The maximum Gasteiger partial charge on any atom is 0.408 e. The number of aryl methyl sites for hydroxylation is 1. The molecule has 2 bridgehead atoms. The molecule has 1 fully saturated rings. The van der Waals surface area contributed by atoms with Crippen molar-refractivity contribution in [2.45, 2.75) is 38.5 Å². The average Bonchev–Trinajstić information content (AvgIpc) is 3.14. The van der Waals surface area contributed by atoms with Gasteiger partial charge in [0.1, 0.15) is 23.4 Å². The molecule has 8 nitrogen and oxygen atoms in total. The Morgan fingerprint density at radius 3 is 2.72 bits per heavy atom. The van der Waals surface area contributed by atoms with Gasteiger partial charge in [-0.15, -0.1) is 0 Å². The van der Waals surface area contributed by atoms with Gasteiger partial charge in [-0.1, -0.05) is 0 Å². The number of halogens is 4. The van der Waals surface area contributed by atoms with Crippen LogP contribution in [0.4, 0.5) is 39.7 Å². The average molecular weight is 452 g/mol. The molecule has 0 aromatic carbocycles. The number of pyridine rings is 2. The number of urea groups is 1. The van der Waals surface area contributed by atoms with E-state index in [1.165, 1.54) is 24.0 Å². The van der Waals surface area contributed by atoms with Gasteiger partial charge in [0.05, 0.1) is 17.9 Å². The van der Waals surface area contributed by atoms with Gasteiger partial charge < -0.3 is 10.2 Å². The van der Waals surface area contributed by atoms with Crippen molar-refractivity contribution in [3.63, 3.8) is 0 Å². The van der Waals surface area contributed by atoms with Crippen LogP contribution in [0.15, 0.2) is 24.4 Å². The molecule has 4 heterocycles. The van der Waals surface area contributed by atoms with E-state index in [0.29, 0.717) is 30.8 Å². The van der Waals surface area contributed by atoms with Gasteiger partial charge in [0.15, 0.2) is 5.82 Å².